The van der Waals surface area contributed by atoms with Crippen molar-refractivity contribution in [3.05, 3.63) is 71.4 Å². The normalized spacial score (nSPS) is 16.2. The summed E-state index contributed by atoms with van der Waals surface area (Å²) in [5.74, 6) is 0.621. The van der Waals surface area contributed by atoms with Gasteiger partial charge in [-0.2, -0.15) is 16.9 Å². The van der Waals surface area contributed by atoms with Crippen LogP contribution in [0.4, 0.5) is 4.79 Å². The molecule has 1 aliphatic rings. The van der Waals surface area contributed by atoms with Gasteiger partial charge in [-0.1, -0.05) is 41.9 Å². The molecule has 4 rings (SSSR count). The van der Waals surface area contributed by atoms with E-state index in [0.717, 1.165) is 22.6 Å². The summed E-state index contributed by atoms with van der Waals surface area (Å²) >= 11 is 7.69. The lowest BCUT2D eigenvalue weighted by Gasteiger charge is -2.13. The second-order valence-electron chi connectivity index (χ2n) is 7.00. The Morgan fingerprint density at radius 2 is 1.83 bits per heavy atom. The highest BCUT2D eigenvalue weighted by Gasteiger charge is 2.38. The molecule has 154 valence electrons. The van der Waals surface area contributed by atoms with Gasteiger partial charge in [-0.05, 0) is 42.7 Å². The minimum Gasteiger partial charge on any atom is -0.326 e. The number of urea groups is 1. The zero-order chi connectivity index (χ0) is 21.1. The largest absolute Gasteiger partial charge is 0.326 e. The quantitative estimate of drug-likeness (QED) is 0.554. The number of carbonyl (C=O) groups excluding carboxylic acids is 2. The molecule has 6 nitrogen and oxygen atoms in total. The Bertz CT molecular complexity index is 1050. The van der Waals surface area contributed by atoms with Crippen LogP contribution in [0.1, 0.15) is 12.0 Å². The summed E-state index contributed by atoms with van der Waals surface area (Å²) in [6.45, 7) is 0.158. The molecule has 1 atom stereocenters. The molecule has 30 heavy (non-hydrogen) atoms. The van der Waals surface area contributed by atoms with E-state index in [9.17, 15) is 9.59 Å². The van der Waals surface area contributed by atoms with Crippen LogP contribution < -0.4 is 5.32 Å². The molecule has 2 aromatic carbocycles. The molecular formula is C22H21ClN4O2S. The van der Waals surface area contributed by atoms with Crippen molar-refractivity contribution in [3.63, 3.8) is 0 Å². The van der Waals surface area contributed by atoms with Gasteiger partial charge in [0.05, 0.1) is 17.9 Å². The molecule has 1 unspecified atom stereocenters. The van der Waals surface area contributed by atoms with E-state index in [2.05, 4.69) is 5.32 Å². The first-order chi connectivity index (χ1) is 14.6. The van der Waals surface area contributed by atoms with Crippen LogP contribution in [0.3, 0.4) is 0 Å². The minimum atomic E-state index is -0.465. The SMILES string of the molecule is CSCCC1NC(=O)N(Cc2cn(-c3ccccc3)nc2-c2ccc(Cl)cc2)C1=O. The van der Waals surface area contributed by atoms with Crippen LogP contribution in [0.5, 0.6) is 0 Å². The Morgan fingerprint density at radius 1 is 1.10 bits per heavy atom. The van der Waals surface area contributed by atoms with E-state index in [-0.39, 0.29) is 18.5 Å². The average Bonchev–Trinajstić information content (AvgIpc) is 3.30. The fourth-order valence-corrected chi connectivity index (χ4v) is 4.01. The predicted octanol–water partition coefficient (Wildman–Crippen LogP) is 4.37. The molecular weight excluding hydrogens is 420 g/mol. The van der Waals surface area contributed by atoms with Crippen LogP contribution in [-0.4, -0.2) is 44.7 Å². The van der Waals surface area contributed by atoms with Crippen molar-refractivity contribution in [2.24, 2.45) is 0 Å². The highest BCUT2D eigenvalue weighted by atomic mass is 35.5. The van der Waals surface area contributed by atoms with Gasteiger partial charge in [0.1, 0.15) is 6.04 Å². The van der Waals surface area contributed by atoms with E-state index >= 15 is 0 Å². The molecule has 1 N–H and O–H groups in total. The summed E-state index contributed by atoms with van der Waals surface area (Å²) < 4.78 is 1.77. The van der Waals surface area contributed by atoms with Gasteiger partial charge in [0.15, 0.2) is 0 Å². The Labute approximate surface area is 184 Å². The van der Waals surface area contributed by atoms with E-state index in [1.807, 2.05) is 54.9 Å². The molecule has 1 aliphatic heterocycles. The number of hydrogen-bond donors (Lipinski definition) is 1. The summed E-state index contributed by atoms with van der Waals surface area (Å²) in [6.07, 6.45) is 4.47. The number of nitrogens with one attached hydrogen (secondary N) is 1. The number of nitrogens with zero attached hydrogens (tertiary/aromatic N) is 3. The number of thioether (sulfide) groups is 1. The second kappa shape index (κ2) is 8.93. The standard InChI is InChI=1S/C22H21ClN4O2S/c1-30-12-11-19-21(28)26(22(29)24-19)13-16-14-27(18-5-3-2-4-6-18)25-20(16)15-7-9-17(23)10-8-15/h2-10,14,19H,11-13H2,1H3,(H,24,29). The maximum absolute atomic E-state index is 12.8. The molecule has 1 saturated heterocycles. The molecule has 3 aromatic rings. The summed E-state index contributed by atoms with van der Waals surface area (Å²) in [4.78, 5) is 26.5. The highest BCUT2D eigenvalue weighted by Crippen LogP contribution is 2.27. The number of hydrogen-bond acceptors (Lipinski definition) is 4. The van der Waals surface area contributed by atoms with Gasteiger partial charge in [0.25, 0.3) is 5.91 Å². The minimum absolute atomic E-state index is 0.158. The number of benzene rings is 2. The van der Waals surface area contributed by atoms with Crippen molar-refractivity contribution in [1.29, 1.82) is 0 Å². The van der Waals surface area contributed by atoms with Crippen LogP contribution in [0.25, 0.3) is 16.9 Å². The second-order valence-corrected chi connectivity index (χ2v) is 8.42. The molecule has 1 fully saturated rings. The molecule has 8 heteroatoms. The first kappa shape index (κ1) is 20.5. The predicted molar refractivity (Wildman–Crippen MR) is 120 cm³/mol. The number of halogens is 1. The molecule has 0 aliphatic carbocycles. The van der Waals surface area contributed by atoms with E-state index in [1.165, 1.54) is 4.90 Å². The maximum atomic E-state index is 12.8. The number of imide groups is 1. The van der Waals surface area contributed by atoms with E-state index < -0.39 is 6.04 Å². The maximum Gasteiger partial charge on any atom is 0.325 e. The zero-order valence-electron chi connectivity index (χ0n) is 16.4. The van der Waals surface area contributed by atoms with Crippen molar-refractivity contribution in [2.45, 2.75) is 19.0 Å². The van der Waals surface area contributed by atoms with Crippen LogP contribution >= 0.6 is 23.4 Å². The molecule has 0 radical (unpaired) electrons. The summed E-state index contributed by atoms with van der Waals surface area (Å²) in [7, 11) is 0. The number of carbonyl (C=O) groups is 2. The van der Waals surface area contributed by atoms with Crippen molar-refractivity contribution in [3.8, 4) is 16.9 Å². The third-order valence-corrected chi connectivity index (χ3v) is 5.87. The van der Waals surface area contributed by atoms with Gasteiger partial charge < -0.3 is 5.32 Å². The van der Waals surface area contributed by atoms with E-state index in [0.29, 0.717) is 17.1 Å². The van der Waals surface area contributed by atoms with Gasteiger partial charge in [0, 0.05) is 22.3 Å². The molecule has 0 saturated carbocycles. The smallest absolute Gasteiger partial charge is 0.325 e. The first-order valence-electron chi connectivity index (χ1n) is 9.57. The Balaban J connectivity index is 1.68. The van der Waals surface area contributed by atoms with E-state index in [4.69, 9.17) is 16.7 Å². The van der Waals surface area contributed by atoms with E-state index in [1.54, 1.807) is 28.6 Å². The number of aromatic nitrogens is 2. The molecule has 0 bridgehead atoms. The highest BCUT2D eigenvalue weighted by molar-refractivity contribution is 7.98. The monoisotopic (exact) mass is 440 g/mol. The van der Waals surface area contributed by atoms with Crippen molar-refractivity contribution < 1.29 is 9.59 Å². The van der Waals surface area contributed by atoms with Crippen molar-refractivity contribution >= 4 is 35.3 Å². The van der Waals surface area contributed by atoms with Gasteiger partial charge in [0.2, 0.25) is 0 Å². The van der Waals surface area contributed by atoms with Crippen molar-refractivity contribution in [2.75, 3.05) is 12.0 Å². The fourth-order valence-electron chi connectivity index (χ4n) is 3.42. The topological polar surface area (TPSA) is 67.2 Å². The first-order valence-corrected chi connectivity index (χ1v) is 11.3. The fraction of sp³-hybridized carbons (Fsp3) is 0.227. The van der Waals surface area contributed by atoms with Gasteiger partial charge in [-0.3, -0.25) is 9.69 Å². The van der Waals surface area contributed by atoms with Crippen LogP contribution in [0, 0.1) is 0 Å². The zero-order valence-corrected chi connectivity index (χ0v) is 18.0. The lowest BCUT2D eigenvalue weighted by molar-refractivity contribution is -0.127. The number of amides is 3. The Kier molecular flexibility index (Phi) is 6.11. The number of para-hydroxylation sites is 1. The molecule has 0 spiro atoms. The molecule has 3 amide bonds. The summed E-state index contributed by atoms with van der Waals surface area (Å²) in [5.41, 5.74) is 3.27. The summed E-state index contributed by atoms with van der Waals surface area (Å²) in [5, 5.41) is 8.17. The Morgan fingerprint density at radius 3 is 2.53 bits per heavy atom. The van der Waals surface area contributed by atoms with Crippen LogP contribution in [0.15, 0.2) is 60.8 Å². The van der Waals surface area contributed by atoms with Gasteiger partial charge in [-0.15, -0.1) is 0 Å². The lowest BCUT2D eigenvalue weighted by Crippen LogP contribution is -2.31. The van der Waals surface area contributed by atoms with Gasteiger partial charge >= 0.3 is 6.03 Å². The van der Waals surface area contributed by atoms with Crippen LogP contribution in [0.2, 0.25) is 5.02 Å². The van der Waals surface area contributed by atoms with Gasteiger partial charge in [-0.25, -0.2) is 9.48 Å². The molecule has 1 aromatic heterocycles. The van der Waals surface area contributed by atoms with Crippen molar-refractivity contribution in [1.82, 2.24) is 20.0 Å². The number of rotatable bonds is 7. The molecule has 2 heterocycles. The Hall–Kier alpha value is -2.77. The third kappa shape index (κ3) is 4.22. The summed E-state index contributed by atoms with van der Waals surface area (Å²) in [6, 6.07) is 16.3. The van der Waals surface area contributed by atoms with Crippen LogP contribution in [-0.2, 0) is 11.3 Å². The third-order valence-electron chi connectivity index (χ3n) is 4.97. The average molecular weight is 441 g/mol. The lowest BCUT2D eigenvalue weighted by atomic mass is 10.1.